The van der Waals surface area contributed by atoms with Gasteiger partial charge in [0.25, 0.3) is 0 Å². The molecule has 2 aromatic carbocycles. The van der Waals surface area contributed by atoms with Gasteiger partial charge in [-0.2, -0.15) is 5.10 Å². The monoisotopic (exact) mass is 410 g/mol. The number of anilines is 3. The van der Waals surface area contributed by atoms with Gasteiger partial charge in [-0.15, -0.1) is 0 Å². The number of nitrogen functional groups attached to an aromatic ring is 1. The van der Waals surface area contributed by atoms with Crippen molar-refractivity contribution in [3.05, 3.63) is 65.7 Å². The minimum atomic E-state index is -0.722. The van der Waals surface area contributed by atoms with Gasteiger partial charge in [-0.3, -0.25) is 14.6 Å². The van der Waals surface area contributed by atoms with Crippen molar-refractivity contribution in [2.75, 3.05) is 10.6 Å². The fourth-order valence-electron chi connectivity index (χ4n) is 3.27. The number of nitrogens with zero attached hydrogens (tertiary/aromatic N) is 4. The highest BCUT2D eigenvalue weighted by Gasteiger charge is 2.18. The van der Waals surface area contributed by atoms with Crippen LogP contribution >= 0.6 is 11.6 Å². The third-order valence-corrected chi connectivity index (χ3v) is 4.90. The van der Waals surface area contributed by atoms with E-state index in [0.717, 1.165) is 22.0 Å². The molecule has 29 heavy (non-hydrogen) atoms. The summed E-state index contributed by atoms with van der Waals surface area (Å²) in [6, 6.07) is 10.3. The molecule has 0 radical (unpaired) electrons. The molecular weight excluding hydrogens is 395 g/mol. The molecule has 146 valence electrons. The second-order valence-electron chi connectivity index (χ2n) is 6.41. The van der Waals surface area contributed by atoms with Crippen LogP contribution in [0.25, 0.3) is 22.0 Å². The van der Waals surface area contributed by atoms with Gasteiger partial charge in [0.15, 0.2) is 5.82 Å². The van der Waals surface area contributed by atoms with Crippen molar-refractivity contribution in [2.45, 2.75) is 0 Å². The largest absolute Gasteiger partial charge is 0.382 e. The van der Waals surface area contributed by atoms with E-state index in [1.54, 1.807) is 36.3 Å². The molecule has 0 saturated carbocycles. The molecular formula is C20H16ClFN6O. The Balaban J connectivity index is 1.77. The lowest BCUT2D eigenvalue weighted by molar-refractivity contribution is 0.256. The van der Waals surface area contributed by atoms with E-state index in [4.69, 9.17) is 23.1 Å². The number of halogens is 2. The molecule has 0 spiro atoms. The average molecular weight is 411 g/mol. The molecule has 4 N–H and O–H groups in total. The maximum atomic E-state index is 13.5. The minimum absolute atomic E-state index is 0.102. The Bertz CT molecular complexity index is 1240. The van der Waals surface area contributed by atoms with E-state index < -0.39 is 11.8 Å². The second-order valence-corrected chi connectivity index (χ2v) is 6.82. The molecule has 0 aliphatic rings. The van der Waals surface area contributed by atoms with E-state index in [-0.39, 0.29) is 5.02 Å². The molecule has 0 unspecified atom stereocenters. The first kappa shape index (κ1) is 18.7. The van der Waals surface area contributed by atoms with Crippen molar-refractivity contribution < 1.29 is 9.18 Å². The van der Waals surface area contributed by atoms with Gasteiger partial charge in [0.1, 0.15) is 5.82 Å². The Labute approximate surface area is 170 Å². The summed E-state index contributed by atoms with van der Waals surface area (Å²) in [6.07, 6.45) is 3.41. The van der Waals surface area contributed by atoms with E-state index in [2.05, 4.69) is 10.1 Å². The van der Waals surface area contributed by atoms with E-state index in [0.29, 0.717) is 17.2 Å². The first-order valence-corrected chi connectivity index (χ1v) is 8.96. The van der Waals surface area contributed by atoms with Crippen molar-refractivity contribution in [1.29, 1.82) is 0 Å². The fourth-order valence-corrected chi connectivity index (χ4v) is 3.44. The lowest BCUT2D eigenvalue weighted by Gasteiger charge is -2.21. The predicted octanol–water partition coefficient (Wildman–Crippen LogP) is 4.23. The van der Waals surface area contributed by atoms with Crippen molar-refractivity contribution >= 4 is 45.7 Å². The number of amides is 2. The zero-order valence-electron chi connectivity index (χ0n) is 15.3. The van der Waals surface area contributed by atoms with E-state index >= 15 is 0 Å². The zero-order valence-corrected chi connectivity index (χ0v) is 16.1. The summed E-state index contributed by atoms with van der Waals surface area (Å²) in [4.78, 5) is 17.6. The Morgan fingerprint density at radius 1 is 1.14 bits per heavy atom. The number of carbonyl (C=O) groups excluding carboxylic acids is 1. The third-order valence-electron chi connectivity index (χ3n) is 4.61. The Hall–Kier alpha value is -3.65. The van der Waals surface area contributed by atoms with Gasteiger partial charge in [-0.1, -0.05) is 23.7 Å². The number of rotatable bonds is 3. The summed E-state index contributed by atoms with van der Waals surface area (Å²) in [5.74, 6) is -0.173. The van der Waals surface area contributed by atoms with E-state index in [1.165, 1.54) is 23.1 Å². The summed E-state index contributed by atoms with van der Waals surface area (Å²) < 4.78 is 15.1. The number of carbonyl (C=O) groups is 1. The van der Waals surface area contributed by atoms with Gasteiger partial charge in [-0.25, -0.2) is 9.18 Å². The summed E-state index contributed by atoms with van der Waals surface area (Å²) in [6.45, 7) is 0. The van der Waals surface area contributed by atoms with Crippen LogP contribution in [0.2, 0.25) is 5.02 Å². The molecule has 0 atom stereocenters. The van der Waals surface area contributed by atoms with Crippen LogP contribution in [0.1, 0.15) is 0 Å². The Kier molecular flexibility index (Phi) is 4.56. The third kappa shape index (κ3) is 3.23. The van der Waals surface area contributed by atoms with E-state index in [1.807, 2.05) is 12.1 Å². The topological polar surface area (TPSA) is 103 Å². The molecule has 7 nitrogen and oxygen atoms in total. The summed E-state index contributed by atoms with van der Waals surface area (Å²) in [5, 5.41) is 4.94. The molecule has 0 aliphatic heterocycles. The van der Waals surface area contributed by atoms with Crippen molar-refractivity contribution in [3.8, 4) is 11.1 Å². The van der Waals surface area contributed by atoms with Crippen LogP contribution in [0.5, 0.6) is 0 Å². The first-order chi connectivity index (χ1) is 13.9. The first-order valence-electron chi connectivity index (χ1n) is 8.58. The van der Waals surface area contributed by atoms with Crippen LogP contribution in [0.3, 0.4) is 0 Å². The van der Waals surface area contributed by atoms with Crippen LogP contribution < -0.4 is 16.4 Å². The molecule has 0 saturated heterocycles. The molecule has 9 heteroatoms. The molecule has 4 rings (SSSR count). The van der Waals surface area contributed by atoms with Gasteiger partial charge < -0.3 is 11.5 Å². The average Bonchev–Trinajstić information content (AvgIpc) is 2.99. The minimum Gasteiger partial charge on any atom is -0.382 e. The smallest absolute Gasteiger partial charge is 0.323 e. The summed E-state index contributed by atoms with van der Waals surface area (Å²) in [5.41, 5.74) is 14.9. The summed E-state index contributed by atoms with van der Waals surface area (Å²) >= 11 is 5.85. The highest BCUT2D eigenvalue weighted by atomic mass is 35.5. The summed E-state index contributed by atoms with van der Waals surface area (Å²) in [7, 11) is 1.80. The molecule has 2 amide bonds. The van der Waals surface area contributed by atoms with Gasteiger partial charge in [-0.05, 0) is 35.9 Å². The standard InChI is InChI=1S/C20H16ClFN6O/c1-27-17-10-25-9-14(18(17)19(23)26-27)11-2-4-12(5-3-11)28(20(24)29)13-6-7-16(22)15(21)8-13/h2-10H,1H3,(H2,23,26)(H2,24,29). The number of hydrogen-bond donors (Lipinski definition) is 2. The van der Waals surface area contributed by atoms with Crippen LogP contribution in [-0.2, 0) is 7.05 Å². The van der Waals surface area contributed by atoms with Crippen molar-refractivity contribution in [3.63, 3.8) is 0 Å². The van der Waals surface area contributed by atoms with Gasteiger partial charge >= 0.3 is 6.03 Å². The number of primary amides is 1. The molecule has 0 fully saturated rings. The van der Waals surface area contributed by atoms with Crippen LogP contribution in [0.4, 0.5) is 26.4 Å². The zero-order chi connectivity index (χ0) is 20.7. The number of aromatic nitrogens is 3. The lowest BCUT2D eigenvalue weighted by atomic mass is 10.0. The molecule has 4 aromatic rings. The quantitative estimate of drug-likeness (QED) is 0.527. The Morgan fingerprint density at radius 3 is 2.48 bits per heavy atom. The molecule has 0 bridgehead atoms. The predicted molar refractivity (Wildman–Crippen MR) is 111 cm³/mol. The molecule has 2 aromatic heterocycles. The van der Waals surface area contributed by atoms with Crippen LogP contribution in [0.15, 0.2) is 54.9 Å². The van der Waals surface area contributed by atoms with Crippen molar-refractivity contribution in [2.24, 2.45) is 12.8 Å². The highest BCUT2D eigenvalue weighted by Crippen LogP contribution is 2.34. The molecule has 2 heterocycles. The number of fused-ring (bicyclic) bond motifs is 1. The number of urea groups is 1. The van der Waals surface area contributed by atoms with Crippen LogP contribution in [-0.4, -0.2) is 20.8 Å². The SMILES string of the molecule is Cn1nc(N)c2c(-c3ccc(N(C(N)=O)c4ccc(F)c(Cl)c4)cc3)cncc21. The van der Waals surface area contributed by atoms with E-state index in [9.17, 15) is 9.18 Å². The van der Waals surface area contributed by atoms with Gasteiger partial charge in [0.05, 0.1) is 33.5 Å². The van der Waals surface area contributed by atoms with Gasteiger partial charge in [0.2, 0.25) is 0 Å². The van der Waals surface area contributed by atoms with Gasteiger partial charge in [0, 0.05) is 18.8 Å². The number of pyridine rings is 1. The Morgan fingerprint density at radius 2 is 1.83 bits per heavy atom. The highest BCUT2D eigenvalue weighted by molar-refractivity contribution is 6.31. The van der Waals surface area contributed by atoms with Crippen molar-refractivity contribution in [1.82, 2.24) is 14.8 Å². The molecule has 0 aliphatic carbocycles. The number of aryl methyl sites for hydroxylation is 1. The number of hydrogen-bond acceptors (Lipinski definition) is 4. The number of benzene rings is 2. The maximum Gasteiger partial charge on any atom is 0.323 e. The van der Waals surface area contributed by atoms with Crippen LogP contribution in [0, 0.1) is 5.82 Å². The fraction of sp³-hybridized carbons (Fsp3) is 0.0500. The lowest BCUT2D eigenvalue weighted by Crippen LogP contribution is -2.31. The number of nitrogens with two attached hydrogens (primary N) is 2. The maximum absolute atomic E-state index is 13.5. The second kappa shape index (κ2) is 7.06. The normalized spacial score (nSPS) is 11.0.